The molecule has 0 heterocycles. The van der Waals surface area contributed by atoms with Crippen LogP contribution in [0.4, 0.5) is 16.2 Å². The van der Waals surface area contributed by atoms with Crippen LogP contribution < -0.4 is 15.2 Å². The van der Waals surface area contributed by atoms with Gasteiger partial charge in [-0.05, 0) is 58.2 Å². The number of anilines is 2. The molecule has 8 heteroatoms. The number of ether oxygens (including phenoxy) is 1. The van der Waals surface area contributed by atoms with Gasteiger partial charge in [-0.25, -0.2) is 9.52 Å². The number of amides is 1. The maximum atomic E-state index is 12.0. The van der Waals surface area contributed by atoms with Crippen molar-refractivity contribution < 1.29 is 17.9 Å². The third kappa shape index (κ3) is 4.80. The summed E-state index contributed by atoms with van der Waals surface area (Å²) in [5, 5.41) is 0. The Balaban J connectivity index is 3.00. The number of aryl methyl sites for hydroxylation is 2. The van der Waals surface area contributed by atoms with Crippen LogP contribution in [0.2, 0.25) is 0 Å². The highest BCUT2D eigenvalue weighted by Gasteiger charge is 2.22. The first kappa shape index (κ1) is 18.1. The first-order valence-corrected chi connectivity index (χ1v) is 8.20. The number of benzene rings is 1. The summed E-state index contributed by atoms with van der Waals surface area (Å²) < 4.78 is 33.1. The molecule has 0 radical (unpaired) electrons. The fourth-order valence-corrected chi connectivity index (χ4v) is 2.82. The molecule has 0 aliphatic heterocycles. The molecule has 0 aliphatic carbocycles. The molecule has 7 nitrogen and oxygen atoms in total. The SMILES string of the molecule is Cc1cc(C)c(NS(=O)(=O)NC(=O)OC(C)(C)C)c(C)c1N. The van der Waals surface area contributed by atoms with Crippen molar-refractivity contribution >= 4 is 27.7 Å². The number of nitrogen functional groups attached to an aromatic ring is 1. The highest BCUT2D eigenvalue weighted by molar-refractivity contribution is 7.91. The highest BCUT2D eigenvalue weighted by Crippen LogP contribution is 2.29. The van der Waals surface area contributed by atoms with Crippen LogP contribution in [0.1, 0.15) is 37.5 Å². The molecule has 1 aromatic carbocycles. The fourth-order valence-electron chi connectivity index (χ4n) is 1.93. The smallest absolute Gasteiger partial charge is 0.422 e. The molecule has 0 saturated carbocycles. The first-order chi connectivity index (χ1) is 9.82. The molecule has 4 N–H and O–H groups in total. The van der Waals surface area contributed by atoms with E-state index in [1.165, 1.54) is 0 Å². The van der Waals surface area contributed by atoms with E-state index in [4.69, 9.17) is 10.5 Å². The van der Waals surface area contributed by atoms with E-state index < -0.39 is 21.9 Å². The van der Waals surface area contributed by atoms with Gasteiger partial charge in [0.2, 0.25) is 0 Å². The summed E-state index contributed by atoms with van der Waals surface area (Å²) in [4.78, 5) is 11.6. The molecule has 1 aromatic rings. The van der Waals surface area contributed by atoms with Crippen molar-refractivity contribution in [1.82, 2.24) is 4.72 Å². The lowest BCUT2D eigenvalue weighted by atomic mass is 10.0. The maximum Gasteiger partial charge on any atom is 0.422 e. The topological polar surface area (TPSA) is 111 Å². The molecule has 0 unspecified atom stereocenters. The Bertz CT molecular complexity index is 691. The maximum absolute atomic E-state index is 12.0. The van der Waals surface area contributed by atoms with Crippen LogP contribution in [0, 0.1) is 20.8 Å². The number of nitrogens with one attached hydrogen (secondary N) is 2. The molecule has 1 rings (SSSR count). The van der Waals surface area contributed by atoms with Crippen molar-refractivity contribution in [3.63, 3.8) is 0 Å². The molecule has 0 spiro atoms. The van der Waals surface area contributed by atoms with Gasteiger partial charge in [-0.1, -0.05) is 6.07 Å². The van der Waals surface area contributed by atoms with Gasteiger partial charge in [0.1, 0.15) is 5.60 Å². The van der Waals surface area contributed by atoms with E-state index in [2.05, 4.69) is 4.72 Å². The molecule has 0 saturated heterocycles. The van der Waals surface area contributed by atoms with E-state index in [1.807, 2.05) is 11.6 Å². The van der Waals surface area contributed by atoms with E-state index in [0.29, 0.717) is 22.5 Å². The van der Waals surface area contributed by atoms with Gasteiger partial charge in [0.05, 0.1) is 5.69 Å². The predicted octanol–water partition coefficient (Wildman–Crippen LogP) is 2.38. The molecular weight excluding hydrogens is 306 g/mol. The van der Waals surface area contributed by atoms with Gasteiger partial charge in [0, 0.05) is 5.69 Å². The number of nitrogens with two attached hydrogens (primary N) is 1. The van der Waals surface area contributed by atoms with E-state index >= 15 is 0 Å². The lowest BCUT2D eigenvalue weighted by Gasteiger charge is -2.20. The largest absolute Gasteiger partial charge is 0.443 e. The predicted molar refractivity (Wildman–Crippen MR) is 87.0 cm³/mol. The highest BCUT2D eigenvalue weighted by atomic mass is 32.2. The Hall–Kier alpha value is -1.96. The van der Waals surface area contributed by atoms with Gasteiger partial charge in [-0.2, -0.15) is 8.42 Å². The number of carbonyl (C=O) groups excluding carboxylic acids is 1. The number of rotatable bonds is 3. The zero-order chi connectivity index (χ0) is 17.3. The van der Waals surface area contributed by atoms with Crippen molar-refractivity contribution in [2.24, 2.45) is 0 Å². The third-order valence-corrected chi connectivity index (χ3v) is 3.79. The van der Waals surface area contributed by atoms with Crippen LogP contribution in [0.3, 0.4) is 0 Å². The minimum atomic E-state index is -4.11. The average molecular weight is 329 g/mol. The van der Waals surface area contributed by atoms with Crippen molar-refractivity contribution in [1.29, 1.82) is 0 Å². The van der Waals surface area contributed by atoms with Crippen LogP contribution in [0.5, 0.6) is 0 Å². The Labute approximate surface area is 131 Å². The van der Waals surface area contributed by atoms with Crippen LogP contribution in [-0.2, 0) is 14.9 Å². The normalized spacial score (nSPS) is 11.9. The lowest BCUT2D eigenvalue weighted by Crippen LogP contribution is -2.39. The van der Waals surface area contributed by atoms with Crippen molar-refractivity contribution in [3.05, 3.63) is 22.8 Å². The first-order valence-electron chi connectivity index (χ1n) is 6.72. The molecule has 0 bridgehead atoms. The van der Waals surface area contributed by atoms with Gasteiger partial charge in [0.25, 0.3) is 0 Å². The Morgan fingerprint density at radius 3 is 2.23 bits per heavy atom. The minimum Gasteiger partial charge on any atom is -0.443 e. The van der Waals surface area contributed by atoms with Crippen LogP contribution in [0.15, 0.2) is 6.07 Å². The minimum absolute atomic E-state index is 0.346. The molecule has 124 valence electrons. The number of hydrogen-bond donors (Lipinski definition) is 3. The van der Waals surface area contributed by atoms with Crippen LogP contribution in [0.25, 0.3) is 0 Å². The van der Waals surface area contributed by atoms with Crippen molar-refractivity contribution in [2.45, 2.75) is 47.1 Å². The van der Waals surface area contributed by atoms with E-state index in [0.717, 1.165) is 5.56 Å². The van der Waals surface area contributed by atoms with E-state index in [-0.39, 0.29) is 0 Å². The Morgan fingerprint density at radius 1 is 1.18 bits per heavy atom. The molecular formula is C14H23N3O4S. The molecule has 0 fully saturated rings. The molecule has 1 amide bonds. The monoisotopic (exact) mass is 329 g/mol. The second kappa shape index (κ2) is 6.04. The van der Waals surface area contributed by atoms with Crippen LogP contribution in [-0.4, -0.2) is 20.1 Å². The Kier molecular flexibility index (Phi) is 4.96. The lowest BCUT2D eigenvalue weighted by molar-refractivity contribution is 0.0570. The second-order valence-corrected chi connectivity index (χ2v) is 7.55. The zero-order valence-corrected chi connectivity index (χ0v) is 14.5. The van der Waals surface area contributed by atoms with Crippen LogP contribution >= 0.6 is 0 Å². The van der Waals surface area contributed by atoms with Gasteiger partial charge in [0.15, 0.2) is 0 Å². The van der Waals surface area contributed by atoms with Crippen molar-refractivity contribution in [2.75, 3.05) is 10.5 Å². The summed E-state index contributed by atoms with van der Waals surface area (Å²) in [6.45, 7) is 10.2. The van der Waals surface area contributed by atoms with Crippen molar-refractivity contribution in [3.8, 4) is 0 Å². The fraction of sp³-hybridized carbons (Fsp3) is 0.500. The quantitative estimate of drug-likeness (QED) is 0.737. The number of carbonyl (C=O) groups is 1. The average Bonchev–Trinajstić information content (AvgIpc) is 2.28. The summed E-state index contributed by atoms with van der Waals surface area (Å²) in [5.74, 6) is 0. The second-order valence-electron chi connectivity index (χ2n) is 6.13. The molecule has 0 aliphatic rings. The van der Waals surface area contributed by atoms with E-state index in [1.54, 1.807) is 40.7 Å². The summed E-state index contributed by atoms with van der Waals surface area (Å²) in [7, 11) is -4.11. The van der Waals surface area contributed by atoms with Gasteiger partial charge < -0.3 is 10.5 Å². The van der Waals surface area contributed by atoms with E-state index in [9.17, 15) is 13.2 Å². The molecule has 0 atom stereocenters. The zero-order valence-electron chi connectivity index (χ0n) is 13.7. The van der Waals surface area contributed by atoms with Gasteiger partial charge in [-0.15, -0.1) is 0 Å². The van der Waals surface area contributed by atoms with Gasteiger partial charge in [-0.3, -0.25) is 4.72 Å². The standard InChI is InChI=1S/C14H23N3O4S/c1-8-7-9(2)12(10(3)11(8)15)16-22(19,20)17-13(18)21-14(4,5)6/h7,16H,15H2,1-6H3,(H,17,18). The summed E-state index contributed by atoms with van der Waals surface area (Å²) in [5.41, 5.74) is 8.13. The van der Waals surface area contributed by atoms with Gasteiger partial charge >= 0.3 is 16.3 Å². The summed E-state index contributed by atoms with van der Waals surface area (Å²) >= 11 is 0. The summed E-state index contributed by atoms with van der Waals surface area (Å²) in [6, 6.07) is 1.77. The third-order valence-electron chi connectivity index (χ3n) is 2.88. The Morgan fingerprint density at radius 2 is 1.73 bits per heavy atom. The number of hydrogen-bond acceptors (Lipinski definition) is 5. The summed E-state index contributed by atoms with van der Waals surface area (Å²) in [6.07, 6.45) is -1.05. The molecule has 22 heavy (non-hydrogen) atoms. The molecule has 0 aromatic heterocycles.